The van der Waals surface area contributed by atoms with Crippen LogP contribution in [0.25, 0.3) is 0 Å². The van der Waals surface area contributed by atoms with Gasteiger partial charge in [0.2, 0.25) is 0 Å². The van der Waals surface area contributed by atoms with Crippen LogP contribution in [0.15, 0.2) is 6.07 Å². The summed E-state index contributed by atoms with van der Waals surface area (Å²) in [5.41, 5.74) is 5.65. The van der Waals surface area contributed by atoms with Crippen LogP contribution in [0, 0.1) is 19.9 Å². The van der Waals surface area contributed by atoms with Gasteiger partial charge in [0.25, 0.3) is 0 Å². The molecule has 0 saturated heterocycles. The highest BCUT2D eigenvalue weighted by molar-refractivity contribution is 5.36. The van der Waals surface area contributed by atoms with E-state index in [1.165, 1.54) is 47.9 Å². The average molecular weight is 189 g/mol. The Kier molecular flexibility index (Phi) is 4.19. The smallest absolute Gasteiger partial charge is 0.0112 e. The van der Waals surface area contributed by atoms with Crippen molar-refractivity contribution >= 4 is 0 Å². The molecule has 0 nitrogen and oxygen atoms in total. The average Bonchev–Trinajstić information content (AvgIpc) is 2.14. The van der Waals surface area contributed by atoms with Gasteiger partial charge in [-0.05, 0) is 55.0 Å². The van der Waals surface area contributed by atoms with Crippen molar-refractivity contribution in [1.82, 2.24) is 0 Å². The molecule has 0 amide bonds. The summed E-state index contributed by atoms with van der Waals surface area (Å²) in [6, 6.07) is 5.88. The molecule has 0 fully saturated rings. The molecule has 0 spiro atoms. The number of benzene rings is 1. The van der Waals surface area contributed by atoms with Gasteiger partial charge >= 0.3 is 0 Å². The first-order chi connectivity index (χ1) is 6.69. The quantitative estimate of drug-likeness (QED) is 0.671. The number of aryl methyl sites for hydroxylation is 4. The van der Waals surface area contributed by atoms with Gasteiger partial charge in [-0.15, -0.1) is 0 Å². The molecule has 0 aliphatic rings. The van der Waals surface area contributed by atoms with E-state index in [1.807, 2.05) is 0 Å². The van der Waals surface area contributed by atoms with E-state index in [1.54, 1.807) is 0 Å². The van der Waals surface area contributed by atoms with E-state index in [0.29, 0.717) is 0 Å². The maximum absolute atomic E-state index is 3.53. The minimum Gasteiger partial charge on any atom is -0.0651 e. The van der Waals surface area contributed by atoms with Gasteiger partial charge in [0.1, 0.15) is 0 Å². The summed E-state index contributed by atoms with van der Waals surface area (Å²) in [7, 11) is 0. The molecular weight excluding hydrogens is 168 g/mol. The lowest BCUT2D eigenvalue weighted by Gasteiger charge is -2.11. The van der Waals surface area contributed by atoms with Crippen LogP contribution in [0.5, 0.6) is 0 Å². The van der Waals surface area contributed by atoms with Crippen molar-refractivity contribution in [2.24, 2.45) is 0 Å². The van der Waals surface area contributed by atoms with Gasteiger partial charge in [0, 0.05) is 0 Å². The van der Waals surface area contributed by atoms with E-state index < -0.39 is 0 Å². The first-order valence-corrected chi connectivity index (χ1v) is 5.70. The molecule has 0 saturated carbocycles. The molecule has 1 aromatic carbocycles. The normalized spacial score (nSPS) is 10.6. The molecular formula is C14H21. The lowest BCUT2D eigenvalue weighted by atomic mass is 9.94. The minimum atomic E-state index is 1.18. The van der Waals surface area contributed by atoms with Crippen molar-refractivity contribution in [3.8, 4) is 0 Å². The molecule has 0 atom stereocenters. The predicted octanol–water partition coefficient (Wildman–Crippen LogP) is 4.01. The molecule has 0 aliphatic carbocycles. The molecule has 0 N–H and O–H groups in total. The van der Waals surface area contributed by atoms with Crippen molar-refractivity contribution in [2.45, 2.75) is 53.4 Å². The number of hydrogen-bond acceptors (Lipinski definition) is 0. The molecule has 0 unspecified atom stereocenters. The van der Waals surface area contributed by atoms with Crippen LogP contribution in [0.1, 0.15) is 48.9 Å². The standard InChI is InChI=1S/C14H21/c1-5-7-13-9-11(3)12(4)10-14(13)8-6-2/h9H,5-8H2,1-4H3. The van der Waals surface area contributed by atoms with Gasteiger partial charge in [-0.2, -0.15) is 0 Å². The molecule has 0 bridgehead atoms. The van der Waals surface area contributed by atoms with Crippen molar-refractivity contribution in [1.29, 1.82) is 0 Å². The van der Waals surface area contributed by atoms with Gasteiger partial charge in [0.15, 0.2) is 0 Å². The zero-order chi connectivity index (χ0) is 10.6. The van der Waals surface area contributed by atoms with Gasteiger partial charge in [0.05, 0.1) is 0 Å². The highest BCUT2D eigenvalue weighted by Gasteiger charge is 2.04. The van der Waals surface area contributed by atoms with E-state index in [-0.39, 0.29) is 0 Å². The Morgan fingerprint density at radius 1 is 1.07 bits per heavy atom. The summed E-state index contributed by atoms with van der Waals surface area (Å²) in [5, 5.41) is 0. The van der Waals surface area contributed by atoms with Crippen molar-refractivity contribution in [3.05, 3.63) is 34.4 Å². The molecule has 77 valence electrons. The molecule has 14 heavy (non-hydrogen) atoms. The first kappa shape index (κ1) is 11.3. The molecule has 0 heterocycles. The van der Waals surface area contributed by atoms with Gasteiger partial charge in [-0.3, -0.25) is 0 Å². The first-order valence-electron chi connectivity index (χ1n) is 5.70. The summed E-state index contributed by atoms with van der Waals surface area (Å²) < 4.78 is 0. The van der Waals surface area contributed by atoms with Crippen molar-refractivity contribution in [3.63, 3.8) is 0 Å². The topological polar surface area (TPSA) is 0 Å². The van der Waals surface area contributed by atoms with Crippen LogP contribution in [-0.2, 0) is 12.8 Å². The summed E-state index contributed by atoms with van der Waals surface area (Å²) in [6.45, 7) is 8.81. The van der Waals surface area contributed by atoms with Gasteiger partial charge in [-0.25, -0.2) is 0 Å². The van der Waals surface area contributed by atoms with Crippen LogP contribution >= 0.6 is 0 Å². The SMILES string of the molecule is CCCc1[c]c(C)c(C)cc1CCC. The number of rotatable bonds is 4. The van der Waals surface area contributed by atoms with Crippen LogP contribution < -0.4 is 0 Å². The second-order valence-corrected chi connectivity index (χ2v) is 4.08. The fraction of sp³-hybridized carbons (Fsp3) is 0.571. The Hall–Kier alpha value is -0.780. The monoisotopic (exact) mass is 189 g/mol. The third-order valence-corrected chi connectivity index (χ3v) is 2.73. The van der Waals surface area contributed by atoms with Crippen molar-refractivity contribution < 1.29 is 0 Å². The maximum Gasteiger partial charge on any atom is -0.0112 e. The third-order valence-electron chi connectivity index (χ3n) is 2.73. The number of hydrogen-bond donors (Lipinski definition) is 0. The Labute approximate surface area is 88.4 Å². The lowest BCUT2D eigenvalue weighted by Crippen LogP contribution is -1.97. The molecule has 0 aromatic heterocycles. The van der Waals surface area contributed by atoms with Crippen LogP contribution in [0.2, 0.25) is 0 Å². The fourth-order valence-corrected chi connectivity index (χ4v) is 1.83. The molecule has 1 rings (SSSR count). The molecule has 1 radical (unpaired) electrons. The molecule has 0 aliphatic heterocycles. The summed E-state index contributed by atoms with van der Waals surface area (Å²) in [4.78, 5) is 0. The van der Waals surface area contributed by atoms with E-state index in [2.05, 4.69) is 39.8 Å². The van der Waals surface area contributed by atoms with E-state index in [4.69, 9.17) is 0 Å². The predicted molar refractivity (Wildman–Crippen MR) is 62.7 cm³/mol. The summed E-state index contributed by atoms with van der Waals surface area (Å²) in [5.74, 6) is 0. The second-order valence-electron chi connectivity index (χ2n) is 4.08. The Morgan fingerprint density at radius 2 is 1.71 bits per heavy atom. The van der Waals surface area contributed by atoms with E-state index in [9.17, 15) is 0 Å². The maximum atomic E-state index is 3.53. The lowest BCUT2D eigenvalue weighted by molar-refractivity contribution is 0.856. The largest absolute Gasteiger partial charge is 0.0651 e. The highest BCUT2D eigenvalue weighted by atomic mass is 14.1. The van der Waals surface area contributed by atoms with Gasteiger partial charge < -0.3 is 0 Å². The fourth-order valence-electron chi connectivity index (χ4n) is 1.83. The van der Waals surface area contributed by atoms with E-state index in [0.717, 1.165) is 0 Å². The Morgan fingerprint density at radius 3 is 2.29 bits per heavy atom. The second kappa shape index (κ2) is 5.19. The zero-order valence-corrected chi connectivity index (χ0v) is 9.91. The van der Waals surface area contributed by atoms with Gasteiger partial charge in [-0.1, -0.05) is 32.8 Å². The molecule has 1 aromatic rings. The van der Waals surface area contributed by atoms with Crippen LogP contribution in [-0.4, -0.2) is 0 Å². The summed E-state index contributed by atoms with van der Waals surface area (Å²) >= 11 is 0. The van der Waals surface area contributed by atoms with Crippen molar-refractivity contribution in [2.75, 3.05) is 0 Å². The molecule has 0 heteroatoms. The third kappa shape index (κ3) is 2.60. The highest BCUT2D eigenvalue weighted by Crippen LogP contribution is 2.18. The Bertz CT molecular complexity index is 266. The minimum absolute atomic E-state index is 1.18. The Balaban J connectivity index is 3.03. The zero-order valence-electron chi connectivity index (χ0n) is 9.91. The summed E-state index contributed by atoms with van der Waals surface area (Å²) in [6.07, 6.45) is 4.83. The van der Waals surface area contributed by atoms with Crippen LogP contribution in [0.3, 0.4) is 0 Å². The van der Waals surface area contributed by atoms with E-state index >= 15 is 0 Å². The van der Waals surface area contributed by atoms with Crippen LogP contribution in [0.4, 0.5) is 0 Å².